The normalized spacial score (nSPS) is 32.4. The molecule has 0 unspecified atom stereocenters. The van der Waals surface area contributed by atoms with Crippen molar-refractivity contribution in [2.24, 2.45) is 0 Å². The van der Waals surface area contributed by atoms with E-state index in [4.69, 9.17) is 23.4 Å². The molecule has 216 valence electrons. The lowest BCUT2D eigenvalue weighted by Gasteiger charge is -2.41. The summed E-state index contributed by atoms with van der Waals surface area (Å²) >= 11 is 0. The third-order valence-electron chi connectivity index (χ3n) is 7.36. The Morgan fingerprint density at radius 2 is 1.75 bits per heavy atom. The molecule has 5 rings (SSSR count). The lowest BCUT2D eigenvalue weighted by atomic mass is 9.89. The topological polar surface area (TPSA) is 209 Å². The fraction of sp³-hybridized carbons (Fsp3) is 0.444. The van der Waals surface area contributed by atoms with Crippen molar-refractivity contribution in [1.82, 2.24) is 0 Å². The van der Waals surface area contributed by atoms with Gasteiger partial charge in [-0.15, -0.1) is 0 Å². The molecule has 13 heteroatoms. The zero-order valence-corrected chi connectivity index (χ0v) is 21.3. The maximum Gasteiger partial charge on any atom is 0.200 e. The minimum atomic E-state index is -1.94. The first-order valence-corrected chi connectivity index (χ1v) is 12.5. The number of hydrogen-bond acceptors (Lipinski definition) is 13. The number of phenolic OH excluding ortho intramolecular Hbond substituents is 1. The van der Waals surface area contributed by atoms with E-state index in [0.717, 1.165) is 0 Å². The minimum absolute atomic E-state index is 0.0658. The first kappa shape index (κ1) is 28.4. The van der Waals surface area contributed by atoms with Crippen LogP contribution in [0.4, 0.5) is 0 Å². The predicted molar refractivity (Wildman–Crippen MR) is 136 cm³/mol. The molecule has 2 fully saturated rings. The van der Waals surface area contributed by atoms with Gasteiger partial charge in [-0.1, -0.05) is 12.1 Å². The standard InChI is InChI=1S/C27H30O13/c1-36-13-4-2-12(3-5-13)15-8-37-23-14(19(15)30)6-7-16(29)18(23)24-22(33)21(32)20(31)17(40-24)9-38-26-25(34)27(35,10-28)11-39-26/h2-8,17,20-22,24-26,28-29,31-35H,9-11H2,1H3/t17-,20-,21+,22-,24+,25+,26-,27-/m1/s1. The van der Waals surface area contributed by atoms with Crippen LogP contribution in [0.15, 0.2) is 51.9 Å². The quantitative estimate of drug-likeness (QED) is 0.187. The molecule has 0 bridgehead atoms. The van der Waals surface area contributed by atoms with Gasteiger partial charge in [0.05, 0.1) is 43.4 Å². The van der Waals surface area contributed by atoms with Crippen LogP contribution in [0.5, 0.6) is 11.5 Å². The summed E-state index contributed by atoms with van der Waals surface area (Å²) in [5, 5.41) is 72.4. The zero-order valence-electron chi connectivity index (χ0n) is 21.3. The Morgan fingerprint density at radius 3 is 2.40 bits per heavy atom. The van der Waals surface area contributed by atoms with Gasteiger partial charge in [-0.2, -0.15) is 0 Å². The number of rotatable bonds is 7. The van der Waals surface area contributed by atoms with E-state index in [-0.39, 0.29) is 22.1 Å². The van der Waals surface area contributed by atoms with E-state index in [1.54, 1.807) is 24.3 Å². The highest BCUT2D eigenvalue weighted by atomic mass is 16.7. The Hall–Kier alpha value is -3.11. The number of methoxy groups -OCH3 is 1. The Kier molecular flexibility index (Phi) is 7.85. The van der Waals surface area contributed by atoms with Crippen molar-refractivity contribution in [3.05, 3.63) is 58.4 Å². The largest absolute Gasteiger partial charge is 0.507 e. The fourth-order valence-electron chi connectivity index (χ4n) is 4.91. The second-order valence-electron chi connectivity index (χ2n) is 9.87. The van der Waals surface area contributed by atoms with E-state index < -0.39 is 79.5 Å². The average molecular weight is 563 g/mol. The van der Waals surface area contributed by atoms with E-state index in [1.165, 1.54) is 25.5 Å². The first-order chi connectivity index (χ1) is 19.1. The van der Waals surface area contributed by atoms with Crippen LogP contribution in [0.3, 0.4) is 0 Å². The van der Waals surface area contributed by atoms with Gasteiger partial charge in [0, 0.05) is 0 Å². The number of hydrogen-bond donors (Lipinski definition) is 7. The van der Waals surface area contributed by atoms with Crippen molar-refractivity contribution < 1.29 is 59.1 Å². The van der Waals surface area contributed by atoms with Crippen molar-refractivity contribution >= 4 is 11.0 Å². The van der Waals surface area contributed by atoms with Crippen molar-refractivity contribution in [1.29, 1.82) is 0 Å². The maximum atomic E-state index is 13.4. The van der Waals surface area contributed by atoms with Crippen molar-refractivity contribution in [3.63, 3.8) is 0 Å². The highest BCUT2D eigenvalue weighted by Crippen LogP contribution is 2.41. The van der Waals surface area contributed by atoms with Gasteiger partial charge in [0.25, 0.3) is 0 Å². The van der Waals surface area contributed by atoms with E-state index >= 15 is 0 Å². The molecule has 0 radical (unpaired) electrons. The molecular weight excluding hydrogens is 532 g/mol. The summed E-state index contributed by atoms with van der Waals surface area (Å²) in [6, 6.07) is 9.31. The van der Waals surface area contributed by atoms with Crippen LogP contribution in [-0.2, 0) is 14.2 Å². The van der Waals surface area contributed by atoms with Crippen molar-refractivity contribution in [2.75, 3.05) is 26.9 Å². The number of benzene rings is 2. The Labute approximate surface area is 227 Å². The van der Waals surface area contributed by atoms with Crippen LogP contribution in [0.2, 0.25) is 0 Å². The van der Waals surface area contributed by atoms with Gasteiger partial charge < -0.3 is 59.1 Å². The molecule has 8 atom stereocenters. The third kappa shape index (κ3) is 4.85. The molecule has 2 aliphatic rings. The van der Waals surface area contributed by atoms with Gasteiger partial charge in [0.1, 0.15) is 65.6 Å². The molecule has 2 aromatic carbocycles. The molecule has 3 aromatic rings. The van der Waals surface area contributed by atoms with Crippen LogP contribution in [0, 0.1) is 0 Å². The number of fused-ring (bicyclic) bond motifs is 1. The van der Waals surface area contributed by atoms with E-state index in [1.807, 2.05) is 0 Å². The van der Waals surface area contributed by atoms with Gasteiger partial charge in [0.2, 0.25) is 5.43 Å². The van der Waals surface area contributed by atoms with Gasteiger partial charge in [0.15, 0.2) is 6.29 Å². The highest BCUT2D eigenvalue weighted by Gasteiger charge is 2.50. The molecule has 2 aliphatic heterocycles. The molecule has 0 spiro atoms. The predicted octanol–water partition coefficient (Wildman–Crippen LogP) is -0.846. The van der Waals surface area contributed by atoms with E-state index in [9.17, 15) is 40.5 Å². The summed E-state index contributed by atoms with van der Waals surface area (Å²) in [5.74, 6) is 0.199. The van der Waals surface area contributed by atoms with Gasteiger partial charge in [-0.3, -0.25) is 4.79 Å². The number of aliphatic hydroxyl groups is 6. The molecule has 7 N–H and O–H groups in total. The van der Waals surface area contributed by atoms with Crippen LogP contribution >= 0.6 is 0 Å². The maximum absolute atomic E-state index is 13.4. The SMILES string of the molecule is COc1ccc(-c2coc3c([C@@H]4O[C@H](CO[C@@H]5OC[C@](O)(CO)[C@H]5O)[C@@H](O)[C@H](O)[C@H]4O)c(O)ccc3c2=O)cc1. The molecule has 2 saturated heterocycles. The fourth-order valence-corrected chi connectivity index (χ4v) is 4.91. The second-order valence-corrected chi connectivity index (χ2v) is 9.87. The van der Waals surface area contributed by atoms with Gasteiger partial charge in [-0.25, -0.2) is 0 Å². The highest BCUT2D eigenvalue weighted by molar-refractivity contribution is 5.86. The summed E-state index contributed by atoms with van der Waals surface area (Å²) in [7, 11) is 1.52. The molecular formula is C27H30O13. The van der Waals surface area contributed by atoms with Crippen molar-refractivity contribution in [3.8, 4) is 22.6 Å². The number of aliphatic hydroxyl groups excluding tert-OH is 5. The van der Waals surface area contributed by atoms with E-state index in [0.29, 0.717) is 11.3 Å². The number of ether oxygens (including phenoxy) is 4. The minimum Gasteiger partial charge on any atom is -0.507 e. The van der Waals surface area contributed by atoms with Crippen LogP contribution in [0.25, 0.3) is 22.1 Å². The lowest BCUT2D eigenvalue weighted by Crippen LogP contribution is -2.56. The van der Waals surface area contributed by atoms with Crippen LogP contribution in [0.1, 0.15) is 11.7 Å². The Balaban J connectivity index is 1.45. The summed E-state index contributed by atoms with van der Waals surface area (Å²) in [6.45, 7) is -1.67. The number of aromatic hydroxyl groups is 1. The summed E-state index contributed by atoms with van der Waals surface area (Å²) in [5.41, 5.74) is -1.81. The molecule has 13 nitrogen and oxygen atoms in total. The molecule has 0 amide bonds. The summed E-state index contributed by atoms with van der Waals surface area (Å²) in [6.07, 6.45) is -9.75. The first-order valence-electron chi connectivity index (χ1n) is 12.5. The Morgan fingerprint density at radius 1 is 1.02 bits per heavy atom. The number of phenols is 1. The molecule has 0 aliphatic carbocycles. The van der Waals surface area contributed by atoms with Crippen LogP contribution in [-0.4, -0.2) is 105 Å². The third-order valence-corrected chi connectivity index (χ3v) is 7.36. The zero-order chi connectivity index (χ0) is 28.8. The van der Waals surface area contributed by atoms with E-state index in [2.05, 4.69) is 0 Å². The molecule has 3 heterocycles. The summed E-state index contributed by atoms with van der Waals surface area (Å²) < 4.78 is 27.4. The Bertz CT molecular complexity index is 1410. The lowest BCUT2D eigenvalue weighted by molar-refractivity contribution is -0.252. The van der Waals surface area contributed by atoms with Crippen LogP contribution < -0.4 is 10.2 Å². The second kappa shape index (κ2) is 11.0. The molecule has 0 saturated carbocycles. The summed E-state index contributed by atoms with van der Waals surface area (Å²) in [4.78, 5) is 13.4. The smallest absolute Gasteiger partial charge is 0.200 e. The van der Waals surface area contributed by atoms with Crippen molar-refractivity contribution in [2.45, 2.75) is 48.5 Å². The molecule has 40 heavy (non-hydrogen) atoms. The monoisotopic (exact) mass is 562 g/mol. The van der Waals surface area contributed by atoms with Gasteiger partial charge in [-0.05, 0) is 29.8 Å². The average Bonchev–Trinajstić information content (AvgIpc) is 3.25. The van der Waals surface area contributed by atoms with Gasteiger partial charge >= 0.3 is 0 Å². The molecule has 1 aromatic heterocycles.